The molecule has 30 heavy (non-hydrogen) atoms. The smallest absolute Gasteiger partial charge is 0.325 e. The number of methoxy groups -OCH3 is 1. The number of para-hydroxylation sites is 1. The Balaban J connectivity index is 1.80. The molecule has 3 rings (SSSR count). The highest BCUT2D eigenvalue weighted by Gasteiger charge is 2.49. The minimum atomic E-state index is -1.23. The molecule has 7 nitrogen and oxygen atoms in total. The van der Waals surface area contributed by atoms with Gasteiger partial charge in [0.1, 0.15) is 17.8 Å². The number of benzene rings is 2. The summed E-state index contributed by atoms with van der Waals surface area (Å²) in [5, 5.41) is 2.74. The zero-order valence-corrected chi connectivity index (χ0v) is 17.6. The Morgan fingerprint density at radius 2 is 1.77 bits per heavy atom. The molecular weight excluding hydrogens is 382 g/mol. The van der Waals surface area contributed by atoms with E-state index >= 15 is 0 Å². The number of carbonyl (C=O) groups is 3. The molecule has 1 atom stereocenters. The van der Waals surface area contributed by atoms with E-state index in [4.69, 9.17) is 4.74 Å². The molecule has 7 heteroatoms. The van der Waals surface area contributed by atoms with Gasteiger partial charge in [0.15, 0.2) is 0 Å². The summed E-state index contributed by atoms with van der Waals surface area (Å²) in [7, 11) is 1.56. The second-order valence-corrected chi connectivity index (χ2v) is 7.41. The lowest BCUT2D eigenvalue weighted by atomic mass is 9.92. The van der Waals surface area contributed by atoms with Crippen molar-refractivity contribution in [2.75, 3.05) is 25.1 Å². The largest absolute Gasteiger partial charge is 0.497 e. The molecule has 1 aliphatic rings. The third-order valence-corrected chi connectivity index (χ3v) is 5.34. The summed E-state index contributed by atoms with van der Waals surface area (Å²) < 4.78 is 5.15. The standard InChI is InChI=1S/C23H27N3O4/c1-4-5-15-25(18-9-7-6-8-10-18)20(27)16-26-21(28)23(2,24-22(26)29)17-11-13-19(30-3)14-12-17/h6-14H,4-5,15-16H2,1-3H3,(H,24,29). The number of hydrogen-bond donors (Lipinski definition) is 1. The van der Waals surface area contributed by atoms with Crippen LogP contribution in [-0.2, 0) is 15.1 Å². The second kappa shape index (κ2) is 8.98. The number of hydrogen-bond acceptors (Lipinski definition) is 4. The van der Waals surface area contributed by atoms with Crippen molar-refractivity contribution < 1.29 is 19.1 Å². The quantitative estimate of drug-likeness (QED) is 0.679. The van der Waals surface area contributed by atoms with Gasteiger partial charge < -0.3 is 15.0 Å². The Morgan fingerprint density at radius 3 is 2.37 bits per heavy atom. The van der Waals surface area contributed by atoms with Gasteiger partial charge in [0.25, 0.3) is 5.91 Å². The number of nitrogens with one attached hydrogen (secondary N) is 1. The van der Waals surface area contributed by atoms with Gasteiger partial charge in [-0.25, -0.2) is 4.79 Å². The van der Waals surface area contributed by atoms with E-state index in [9.17, 15) is 14.4 Å². The van der Waals surface area contributed by atoms with Gasteiger partial charge >= 0.3 is 6.03 Å². The van der Waals surface area contributed by atoms with E-state index in [2.05, 4.69) is 5.32 Å². The van der Waals surface area contributed by atoms with Crippen molar-refractivity contribution >= 4 is 23.5 Å². The van der Waals surface area contributed by atoms with Crippen LogP contribution >= 0.6 is 0 Å². The SMILES string of the molecule is CCCCN(C(=O)CN1C(=O)NC(C)(c2ccc(OC)cc2)C1=O)c1ccccc1. The van der Waals surface area contributed by atoms with Crippen molar-refractivity contribution in [2.24, 2.45) is 0 Å². The summed E-state index contributed by atoms with van der Waals surface area (Å²) in [6, 6.07) is 15.7. The highest BCUT2D eigenvalue weighted by Crippen LogP contribution is 2.30. The van der Waals surface area contributed by atoms with Gasteiger partial charge in [-0.05, 0) is 43.2 Å². The molecule has 2 aromatic rings. The first kappa shape index (κ1) is 21.4. The van der Waals surface area contributed by atoms with Crippen LogP contribution in [0.3, 0.4) is 0 Å². The van der Waals surface area contributed by atoms with Crippen LogP contribution in [0.25, 0.3) is 0 Å². The third-order valence-electron chi connectivity index (χ3n) is 5.34. The first-order chi connectivity index (χ1) is 14.4. The van der Waals surface area contributed by atoms with E-state index in [-0.39, 0.29) is 12.5 Å². The van der Waals surface area contributed by atoms with E-state index in [1.165, 1.54) is 0 Å². The molecule has 1 fully saturated rings. The molecule has 0 saturated carbocycles. The van der Waals surface area contributed by atoms with E-state index < -0.39 is 17.5 Å². The lowest BCUT2D eigenvalue weighted by Crippen LogP contribution is -2.45. The predicted molar refractivity (Wildman–Crippen MR) is 114 cm³/mol. The Bertz CT molecular complexity index is 914. The molecular formula is C23H27N3O4. The van der Waals surface area contributed by atoms with Gasteiger partial charge in [-0.15, -0.1) is 0 Å². The number of nitrogens with zero attached hydrogens (tertiary/aromatic N) is 2. The summed E-state index contributed by atoms with van der Waals surface area (Å²) in [5.74, 6) is -0.0905. The van der Waals surface area contributed by atoms with Crippen LogP contribution in [0.4, 0.5) is 10.5 Å². The summed E-state index contributed by atoms with van der Waals surface area (Å²) >= 11 is 0. The molecule has 1 N–H and O–H groups in total. The fourth-order valence-electron chi connectivity index (χ4n) is 3.50. The number of carbonyl (C=O) groups excluding carboxylic acids is 3. The van der Waals surface area contributed by atoms with Gasteiger partial charge in [-0.2, -0.15) is 0 Å². The molecule has 1 unspecified atom stereocenters. The molecule has 4 amide bonds. The van der Waals surface area contributed by atoms with Crippen LogP contribution in [-0.4, -0.2) is 42.9 Å². The van der Waals surface area contributed by atoms with Crippen molar-refractivity contribution in [1.82, 2.24) is 10.2 Å². The van der Waals surface area contributed by atoms with Crippen molar-refractivity contribution in [2.45, 2.75) is 32.2 Å². The van der Waals surface area contributed by atoms with Crippen LogP contribution in [0.5, 0.6) is 5.75 Å². The number of urea groups is 1. The fourth-order valence-corrected chi connectivity index (χ4v) is 3.50. The molecule has 0 aromatic heterocycles. The molecule has 158 valence electrons. The average Bonchev–Trinajstić information content (AvgIpc) is 2.98. The molecule has 1 heterocycles. The maximum atomic E-state index is 13.1. The Morgan fingerprint density at radius 1 is 1.10 bits per heavy atom. The minimum absolute atomic E-state index is 0.294. The zero-order chi connectivity index (χ0) is 21.7. The summed E-state index contributed by atoms with van der Waals surface area (Å²) in [6.45, 7) is 3.91. The van der Waals surface area contributed by atoms with Gasteiger partial charge in [0.05, 0.1) is 7.11 Å². The first-order valence-corrected chi connectivity index (χ1v) is 10.0. The summed E-state index contributed by atoms with van der Waals surface area (Å²) in [6.07, 6.45) is 1.75. The maximum Gasteiger partial charge on any atom is 0.325 e. The Kier molecular flexibility index (Phi) is 6.40. The summed E-state index contributed by atoms with van der Waals surface area (Å²) in [4.78, 5) is 41.4. The Labute approximate surface area is 176 Å². The summed E-state index contributed by atoms with van der Waals surface area (Å²) in [5.41, 5.74) is 0.147. The van der Waals surface area contributed by atoms with Crippen molar-refractivity contribution in [3.8, 4) is 5.75 Å². The van der Waals surface area contributed by atoms with Crippen molar-refractivity contribution in [3.63, 3.8) is 0 Å². The minimum Gasteiger partial charge on any atom is -0.497 e. The molecule has 0 spiro atoms. The number of rotatable bonds is 8. The van der Waals surface area contributed by atoms with Crippen molar-refractivity contribution in [3.05, 3.63) is 60.2 Å². The van der Waals surface area contributed by atoms with Crippen LogP contribution < -0.4 is 15.0 Å². The predicted octanol–water partition coefficient (Wildman–Crippen LogP) is 3.30. The Hall–Kier alpha value is -3.35. The molecule has 0 aliphatic carbocycles. The average molecular weight is 409 g/mol. The highest BCUT2D eigenvalue weighted by molar-refractivity contribution is 6.10. The van der Waals surface area contributed by atoms with Gasteiger partial charge in [-0.1, -0.05) is 43.7 Å². The van der Waals surface area contributed by atoms with Crippen LogP contribution in [0.15, 0.2) is 54.6 Å². The molecule has 0 radical (unpaired) electrons. The van der Waals surface area contributed by atoms with E-state index in [1.54, 1.807) is 43.2 Å². The van der Waals surface area contributed by atoms with E-state index in [0.29, 0.717) is 17.9 Å². The monoisotopic (exact) mass is 409 g/mol. The first-order valence-electron chi connectivity index (χ1n) is 10.0. The maximum absolute atomic E-state index is 13.1. The van der Waals surface area contributed by atoms with E-state index in [0.717, 1.165) is 23.4 Å². The number of unbranched alkanes of at least 4 members (excludes halogenated alkanes) is 1. The number of ether oxygens (including phenoxy) is 1. The fraction of sp³-hybridized carbons (Fsp3) is 0.348. The van der Waals surface area contributed by atoms with Crippen LogP contribution in [0.2, 0.25) is 0 Å². The number of amides is 4. The lowest BCUT2D eigenvalue weighted by molar-refractivity contribution is -0.134. The second-order valence-electron chi connectivity index (χ2n) is 7.41. The topological polar surface area (TPSA) is 79.0 Å². The van der Waals surface area contributed by atoms with Crippen molar-refractivity contribution in [1.29, 1.82) is 0 Å². The van der Waals surface area contributed by atoms with Crippen LogP contribution in [0.1, 0.15) is 32.3 Å². The molecule has 2 aromatic carbocycles. The molecule has 0 bridgehead atoms. The van der Waals surface area contributed by atoms with Gasteiger partial charge in [0.2, 0.25) is 5.91 Å². The van der Waals surface area contributed by atoms with Gasteiger partial charge in [-0.3, -0.25) is 14.5 Å². The molecule has 1 aliphatic heterocycles. The molecule has 1 saturated heterocycles. The van der Waals surface area contributed by atoms with Gasteiger partial charge in [0, 0.05) is 12.2 Å². The lowest BCUT2D eigenvalue weighted by Gasteiger charge is -2.25. The normalized spacial score (nSPS) is 18.3. The van der Waals surface area contributed by atoms with Crippen LogP contribution in [0, 0.1) is 0 Å². The van der Waals surface area contributed by atoms with E-state index in [1.807, 2.05) is 37.3 Å². The number of imide groups is 1. The zero-order valence-electron chi connectivity index (χ0n) is 17.6. The third kappa shape index (κ3) is 4.15. The number of anilines is 1. The highest BCUT2D eigenvalue weighted by atomic mass is 16.5.